The third kappa shape index (κ3) is 4.85. The zero-order valence-electron chi connectivity index (χ0n) is 12.1. The predicted molar refractivity (Wildman–Crippen MR) is 72.7 cm³/mol. The summed E-state index contributed by atoms with van der Waals surface area (Å²) in [6.07, 6.45) is -10.8. The summed E-state index contributed by atoms with van der Waals surface area (Å²) >= 11 is 0. The molecule has 2 aromatic rings. The van der Waals surface area contributed by atoms with Crippen LogP contribution < -0.4 is 4.74 Å². The van der Waals surface area contributed by atoms with E-state index in [4.69, 9.17) is 5.11 Å². The Bertz CT molecular complexity index is 786. The van der Waals surface area contributed by atoms with Crippen molar-refractivity contribution in [3.05, 3.63) is 47.8 Å². The smallest absolute Gasteiger partial charge is 0.481 e. The second kappa shape index (κ2) is 6.61. The lowest BCUT2D eigenvalue weighted by atomic mass is 10.0. The van der Waals surface area contributed by atoms with Gasteiger partial charge in [0.05, 0.1) is 12.1 Å². The van der Waals surface area contributed by atoms with E-state index in [1.165, 1.54) is 12.1 Å². The Labute approximate surface area is 136 Å². The number of para-hydroxylation sites is 1. The molecule has 0 aliphatic carbocycles. The van der Waals surface area contributed by atoms with Gasteiger partial charge in [0.25, 0.3) is 0 Å². The average molecular weight is 365 g/mol. The van der Waals surface area contributed by atoms with Gasteiger partial charge in [-0.3, -0.25) is 4.79 Å². The largest absolute Gasteiger partial charge is 0.573 e. The highest BCUT2D eigenvalue weighted by Gasteiger charge is 2.35. The first kappa shape index (κ1) is 18.6. The molecule has 0 atom stereocenters. The highest BCUT2D eigenvalue weighted by molar-refractivity contribution is 5.78. The number of halogens is 6. The third-order valence-electron chi connectivity index (χ3n) is 2.99. The number of aliphatic carboxylic acids is 1. The van der Waals surface area contributed by atoms with E-state index in [1.54, 1.807) is 0 Å². The first-order valence-corrected chi connectivity index (χ1v) is 6.61. The number of rotatable bonds is 4. The Balaban J connectivity index is 2.61. The Hall–Kier alpha value is -2.78. The predicted octanol–water partition coefficient (Wildman–Crippen LogP) is 4.29. The second-order valence-corrected chi connectivity index (χ2v) is 4.80. The standard InChI is InChI=1S/C15H9F6NO3/c16-14(17,18)12-6-5-8(10(22-12)7-13(23)24)9-3-1-2-4-11(9)25-15(19,20)21/h1-6H,7H2,(H,23,24). The van der Waals surface area contributed by atoms with Gasteiger partial charge in [0, 0.05) is 11.1 Å². The van der Waals surface area contributed by atoms with E-state index in [1.807, 2.05) is 0 Å². The average Bonchev–Trinajstić information content (AvgIpc) is 2.45. The van der Waals surface area contributed by atoms with Crippen LogP contribution in [0.5, 0.6) is 5.75 Å². The topological polar surface area (TPSA) is 59.4 Å². The lowest BCUT2D eigenvalue weighted by Gasteiger charge is -2.16. The quantitative estimate of drug-likeness (QED) is 0.821. The van der Waals surface area contributed by atoms with Crippen molar-refractivity contribution in [3.63, 3.8) is 0 Å². The van der Waals surface area contributed by atoms with Crippen LogP contribution in [0.2, 0.25) is 0 Å². The molecule has 0 radical (unpaired) electrons. The molecule has 1 heterocycles. The first-order valence-electron chi connectivity index (χ1n) is 6.61. The molecule has 134 valence electrons. The minimum atomic E-state index is -5.03. The fraction of sp³-hybridized carbons (Fsp3) is 0.200. The maximum absolute atomic E-state index is 12.8. The van der Waals surface area contributed by atoms with E-state index in [0.717, 1.165) is 18.2 Å². The number of hydrogen-bond donors (Lipinski definition) is 1. The number of benzene rings is 1. The highest BCUT2D eigenvalue weighted by Crippen LogP contribution is 2.37. The van der Waals surface area contributed by atoms with E-state index >= 15 is 0 Å². The number of hydrogen-bond acceptors (Lipinski definition) is 3. The molecule has 0 spiro atoms. The molecule has 1 N–H and O–H groups in total. The monoisotopic (exact) mass is 365 g/mol. The van der Waals surface area contributed by atoms with Gasteiger partial charge in [0.15, 0.2) is 0 Å². The van der Waals surface area contributed by atoms with Crippen molar-refractivity contribution in [2.24, 2.45) is 0 Å². The molecular formula is C15H9F6NO3. The normalized spacial score (nSPS) is 12.1. The Morgan fingerprint density at radius 2 is 1.64 bits per heavy atom. The molecule has 0 saturated heterocycles. The lowest BCUT2D eigenvalue weighted by Crippen LogP contribution is -2.18. The molecule has 0 amide bonds. The highest BCUT2D eigenvalue weighted by atomic mass is 19.4. The summed E-state index contributed by atoms with van der Waals surface area (Å²) in [6.45, 7) is 0. The Morgan fingerprint density at radius 1 is 1.00 bits per heavy atom. The van der Waals surface area contributed by atoms with Crippen LogP contribution >= 0.6 is 0 Å². The number of nitrogens with zero attached hydrogens (tertiary/aromatic N) is 1. The van der Waals surface area contributed by atoms with Crippen LogP contribution in [-0.2, 0) is 17.4 Å². The van der Waals surface area contributed by atoms with Crippen molar-refractivity contribution in [1.82, 2.24) is 4.98 Å². The van der Waals surface area contributed by atoms with Crippen molar-refractivity contribution >= 4 is 5.97 Å². The summed E-state index contributed by atoms with van der Waals surface area (Å²) < 4.78 is 79.6. The first-order chi connectivity index (χ1) is 11.5. The Kier molecular flexibility index (Phi) is 4.91. The molecule has 4 nitrogen and oxygen atoms in total. The van der Waals surface area contributed by atoms with Crippen molar-refractivity contribution in [1.29, 1.82) is 0 Å². The zero-order valence-corrected chi connectivity index (χ0v) is 12.1. The molecule has 2 rings (SSSR count). The van der Waals surface area contributed by atoms with Crippen LogP contribution in [0.3, 0.4) is 0 Å². The van der Waals surface area contributed by atoms with Crippen LogP contribution in [0.1, 0.15) is 11.4 Å². The number of pyridine rings is 1. The van der Waals surface area contributed by atoms with Crippen molar-refractivity contribution < 1.29 is 41.0 Å². The van der Waals surface area contributed by atoms with E-state index < -0.39 is 42.1 Å². The van der Waals surface area contributed by atoms with Gasteiger partial charge in [-0.15, -0.1) is 13.2 Å². The molecule has 0 aliphatic rings. The Morgan fingerprint density at radius 3 is 2.20 bits per heavy atom. The number of alkyl halides is 6. The maximum Gasteiger partial charge on any atom is 0.573 e. The molecule has 0 saturated carbocycles. The molecule has 0 bridgehead atoms. The van der Waals surface area contributed by atoms with Crippen LogP contribution in [0.25, 0.3) is 11.1 Å². The summed E-state index contributed by atoms with van der Waals surface area (Å²) in [5.74, 6) is -2.16. The van der Waals surface area contributed by atoms with E-state index in [0.29, 0.717) is 6.07 Å². The molecule has 25 heavy (non-hydrogen) atoms. The van der Waals surface area contributed by atoms with E-state index in [9.17, 15) is 31.1 Å². The van der Waals surface area contributed by atoms with Crippen LogP contribution in [0.15, 0.2) is 36.4 Å². The van der Waals surface area contributed by atoms with Gasteiger partial charge in [-0.2, -0.15) is 13.2 Å². The van der Waals surface area contributed by atoms with E-state index in [-0.39, 0.29) is 11.1 Å². The SMILES string of the molecule is O=C(O)Cc1nc(C(F)(F)F)ccc1-c1ccccc1OC(F)(F)F. The summed E-state index contributed by atoms with van der Waals surface area (Å²) in [7, 11) is 0. The number of carboxylic acids is 1. The van der Waals surface area contributed by atoms with Gasteiger partial charge in [0.2, 0.25) is 0 Å². The minimum Gasteiger partial charge on any atom is -0.481 e. The summed E-state index contributed by atoms with van der Waals surface area (Å²) in [4.78, 5) is 14.1. The summed E-state index contributed by atoms with van der Waals surface area (Å²) in [5.41, 5.74) is -2.30. The second-order valence-electron chi connectivity index (χ2n) is 4.80. The van der Waals surface area contributed by atoms with Crippen LogP contribution in [0, 0.1) is 0 Å². The van der Waals surface area contributed by atoms with Gasteiger partial charge in [-0.25, -0.2) is 4.98 Å². The minimum absolute atomic E-state index is 0.199. The molecule has 0 aliphatic heterocycles. The van der Waals surface area contributed by atoms with Gasteiger partial charge >= 0.3 is 18.5 Å². The van der Waals surface area contributed by atoms with Gasteiger partial charge in [-0.05, 0) is 12.1 Å². The van der Waals surface area contributed by atoms with Crippen molar-refractivity contribution in [2.75, 3.05) is 0 Å². The number of ether oxygens (including phenoxy) is 1. The molecule has 0 fully saturated rings. The van der Waals surface area contributed by atoms with Crippen LogP contribution in [0.4, 0.5) is 26.3 Å². The fourth-order valence-electron chi connectivity index (χ4n) is 2.09. The molecular weight excluding hydrogens is 356 g/mol. The number of aromatic nitrogens is 1. The fourth-order valence-corrected chi connectivity index (χ4v) is 2.09. The van der Waals surface area contributed by atoms with Gasteiger partial charge < -0.3 is 9.84 Å². The summed E-state index contributed by atoms with van der Waals surface area (Å²) in [6, 6.07) is 6.12. The molecule has 0 unspecified atom stereocenters. The molecule has 10 heteroatoms. The van der Waals surface area contributed by atoms with Crippen molar-refractivity contribution in [2.45, 2.75) is 19.0 Å². The zero-order chi connectivity index (χ0) is 18.8. The number of carbonyl (C=O) groups is 1. The van der Waals surface area contributed by atoms with Crippen LogP contribution in [-0.4, -0.2) is 22.4 Å². The van der Waals surface area contributed by atoms with Gasteiger partial charge in [-0.1, -0.05) is 24.3 Å². The summed E-state index contributed by atoms with van der Waals surface area (Å²) in [5, 5.41) is 8.86. The number of carboxylic acid groups (broad SMARTS) is 1. The third-order valence-corrected chi connectivity index (χ3v) is 2.99. The lowest BCUT2D eigenvalue weighted by molar-refractivity contribution is -0.274. The maximum atomic E-state index is 12.8. The van der Waals surface area contributed by atoms with E-state index in [2.05, 4.69) is 9.72 Å². The van der Waals surface area contributed by atoms with Crippen molar-refractivity contribution in [3.8, 4) is 16.9 Å². The van der Waals surface area contributed by atoms with Gasteiger partial charge in [0.1, 0.15) is 11.4 Å². The molecule has 1 aromatic heterocycles. The molecule has 1 aromatic carbocycles.